The van der Waals surface area contributed by atoms with Gasteiger partial charge in [-0.2, -0.15) is 0 Å². The Kier molecular flexibility index (Phi) is 1.02. The van der Waals surface area contributed by atoms with Crippen molar-refractivity contribution in [1.29, 1.82) is 0 Å². The second kappa shape index (κ2) is 1.50. The standard InChI is InChI=1S/C6H10N2O/c1-4-7-5(9)6(2,3)8-4/h8H,1H2,2-3H3,(H,7,9). The monoisotopic (exact) mass is 126 g/mol. The fraction of sp³-hybridized carbons (Fsp3) is 0.500. The van der Waals surface area contributed by atoms with E-state index in [-0.39, 0.29) is 5.91 Å². The van der Waals surface area contributed by atoms with Crippen LogP contribution in [0.15, 0.2) is 12.4 Å². The Hall–Kier alpha value is -0.990. The maximum atomic E-state index is 10.9. The molecule has 0 aromatic rings. The number of hydrogen-bond donors (Lipinski definition) is 2. The molecule has 9 heavy (non-hydrogen) atoms. The number of carbonyl (C=O) groups is 1. The summed E-state index contributed by atoms with van der Waals surface area (Å²) in [4.78, 5) is 10.9. The molecule has 2 N–H and O–H groups in total. The molecule has 1 rings (SSSR count). The molecule has 0 aromatic heterocycles. The van der Waals surface area contributed by atoms with Crippen LogP contribution in [0.1, 0.15) is 13.8 Å². The Morgan fingerprint density at radius 3 is 2.22 bits per heavy atom. The highest BCUT2D eigenvalue weighted by atomic mass is 16.2. The van der Waals surface area contributed by atoms with Crippen LogP contribution in [0.3, 0.4) is 0 Å². The van der Waals surface area contributed by atoms with Crippen LogP contribution in [-0.4, -0.2) is 11.4 Å². The largest absolute Gasteiger partial charge is 0.358 e. The Labute approximate surface area is 54.1 Å². The molecular formula is C6H10N2O. The average Bonchev–Trinajstić information content (AvgIpc) is 1.79. The van der Waals surface area contributed by atoms with E-state index in [2.05, 4.69) is 17.2 Å². The first-order chi connectivity index (χ1) is 4.02. The van der Waals surface area contributed by atoms with E-state index >= 15 is 0 Å². The molecule has 1 aliphatic heterocycles. The van der Waals surface area contributed by atoms with Gasteiger partial charge in [0.25, 0.3) is 5.91 Å². The molecule has 1 saturated heterocycles. The van der Waals surface area contributed by atoms with Crippen LogP contribution in [0, 0.1) is 0 Å². The number of amides is 1. The molecule has 1 heterocycles. The molecule has 0 bridgehead atoms. The summed E-state index contributed by atoms with van der Waals surface area (Å²) in [6, 6.07) is 0. The van der Waals surface area contributed by atoms with Gasteiger partial charge in [0.2, 0.25) is 0 Å². The van der Waals surface area contributed by atoms with Crippen molar-refractivity contribution in [2.75, 3.05) is 0 Å². The number of hydrogen-bond acceptors (Lipinski definition) is 2. The van der Waals surface area contributed by atoms with Crippen LogP contribution in [0.5, 0.6) is 0 Å². The molecule has 0 spiro atoms. The second-order valence-electron chi connectivity index (χ2n) is 2.68. The Balaban J connectivity index is 2.81. The van der Waals surface area contributed by atoms with Crippen molar-refractivity contribution < 1.29 is 4.79 Å². The molecule has 3 nitrogen and oxygen atoms in total. The van der Waals surface area contributed by atoms with E-state index in [4.69, 9.17) is 0 Å². The van der Waals surface area contributed by atoms with E-state index in [0.29, 0.717) is 5.82 Å². The van der Waals surface area contributed by atoms with Crippen LogP contribution < -0.4 is 10.6 Å². The molecule has 1 fully saturated rings. The Bertz CT molecular complexity index is 172. The predicted molar refractivity (Wildman–Crippen MR) is 34.5 cm³/mol. The summed E-state index contributed by atoms with van der Waals surface area (Å²) in [6.45, 7) is 7.17. The minimum atomic E-state index is -0.475. The minimum absolute atomic E-state index is 0.0208. The molecule has 0 aromatic carbocycles. The summed E-state index contributed by atoms with van der Waals surface area (Å²) in [6.07, 6.45) is 0. The van der Waals surface area contributed by atoms with Crippen molar-refractivity contribution in [3.8, 4) is 0 Å². The van der Waals surface area contributed by atoms with Gasteiger partial charge >= 0.3 is 0 Å². The smallest absolute Gasteiger partial charge is 0.250 e. The zero-order valence-corrected chi connectivity index (χ0v) is 5.62. The van der Waals surface area contributed by atoms with Crippen molar-refractivity contribution in [3.63, 3.8) is 0 Å². The van der Waals surface area contributed by atoms with Crippen LogP contribution in [0.25, 0.3) is 0 Å². The highest BCUT2D eigenvalue weighted by Crippen LogP contribution is 2.09. The number of rotatable bonds is 0. The van der Waals surface area contributed by atoms with Crippen LogP contribution in [-0.2, 0) is 4.79 Å². The molecule has 0 radical (unpaired) electrons. The Morgan fingerprint density at radius 1 is 1.56 bits per heavy atom. The van der Waals surface area contributed by atoms with Gasteiger partial charge in [-0.15, -0.1) is 0 Å². The predicted octanol–water partition coefficient (Wildman–Crippen LogP) is -0.0444. The van der Waals surface area contributed by atoms with E-state index in [1.807, 2.05) is 0 Å². The third-order valence-corrected chi connectivity index (χ3v) is 1.30. The summed E-state index contributed by atoms with van der Waals surface area (Å²) in [5.74, 6) is 0.567. The molecule has 3 heteroatoms. The third kappa shape index (κ3) is 0.896. The van der Waals surface area contributed by atoms with E-state index < -0.39 is 5.54 Å². The van der Waals surface area contributed by atoms with Crippen LogP contribution in [0.4, 0.5) is 0 Å². The fourth-order valence-corrected chi connectivity index (χ4v) is 0.759. The van der Waals surface area contributed by atoms with Crippen LogP contribution in [0.2, 0.25) is 0 Å². The summed E-state index contributed by atoms with van der Waals surface area (Å²) in [5.41, 5.74) is -0.475. The molecular weight excluding hydrogens is 116 g/mol. The first kappa shape index (κ1) is 6.13. The van der Waals surface area contributed by atoms with Gasteiger partial charge < -0.3 is 10.6 Å². The molecule has 0 unspecified atom stereocenters. The van der Waals surface area contributed by atoms with E-state index in [9.17, 15) is 4.79 Å². The van der Waals surface area contributed by atoms with E-state index in [1.165, 1.54) is 0 Å². The van der Waals surface area contributed by atoms with Gasteiger partial charge in [0, 0.05) is 0 Å². The molecule has 1 aliphatic rings. The van der Waals surface area contributed by atoms with Gasteiger partial charge in [-0.05, 0) is 13.8 Å². The lowest BCUT2D eigenvalue weighted by atomic mass is 10.1. The molecule has 0 aliphatic carbocycles. The van der Waals surface area contributed by atoms with Crippen molar-refractivity contribution in [2.45, 2.75) is 19.4 Å². The third-order valence-electron chi connectivity index (χ3n) is 1.30. The summed E-state index contributed by atoms with van der Waals surface area (Å²) >= 11 is 0. The van der Waals surface area contributed by atoms with Crippen molar-refractivity contribution >= 4 is 5.91 Å². The van der Waals surface area contributed by atoms with Gasteiger partial charge in [-0.25, -0.2) is 0 Å². The zero-order valence-electron chi connectivity index (χ0n) is 5.62. The van der Waals surface area contributed by atoms with Gasteiger partial charge in [0.05, 0.1) is 5.82 Å². The van der Waals surface area contributed by atoms with E-state index in [0.717, 1.165) is 0 Å². The SMILES string of the molecule is C=C1NC(=O)C(C)(C)N1. The highest BCUT2D eigenvalue weighted by molar-refractivity contribution is 5.89. The molecule has 1 amide bonds. The van der Waals surface area contributed by atoms with Crippen LogP contribution >= 0.6 is 0 Å². The minimum Gasteiger partial charge on any atom is -0.358 e. The Morgan fingerprint density at radius 2 is 2.11 bits per heavy atom. The topological polar surface area (TPSA) is 41.1 Å². The molecule has 0 atom stereocenters. The number of carbonyl (C=O) groups excluding carboxylic acids is 1. The first-order valence-corrected chi connectivity index (χ1v) is 2.81. The molecule has 0 saturated carbocycles. The summed E-state index contributed by atoms with van der Waals surface area (Å²) in [5, 5.41) is 5.45. The second-order valence-corrected chi connectivity index (χ2v) is 2.68. The van der Waals surface area contributed by atoms with Gasteiger partial charge in [0.15, 0.2) is 0 Å². The van der Waals surface area contributed by atoms with Crippen molar-refractivity contribution in [2.24, 2.45) is 0 Å². The molecule has 50 valence electrons. The lowest BCUT2D eigenvalue weighted by Gasteiger charge is -2.12. The van der Waals surface area contributed by atoms with Gasteiger partial charge in [-0.3, -0.25) is 4.79 Å². The van der Waals surface area contributed by atoms with Gasteiger partial charge in [-0.1, -0.05) is 6.58 Å². The number of nitrogens with one attached hydrogen (secondary N) is 2. The summed E-state index contributed by atoms with van der Waals surface area (Å²) < 4.78 is 0. The summed E-state index contributed by atoms with van der Waals surface area (Å²) in [7, 11) is 0. The van der Waals surface area contributed by atoms with Gasteiger partial charge in [0.1, 0.15) is 5.54 Å². The van der Waals surface area contributed by atoms with Crippen molar-refractivity contribution in [1.82, 2.24) is 10.6 Å². The quantitative estimate of drug-likeness (QED) is 0.478. The first-order valence-electron chi connectivity index (χ1n) is 2.81. The average molecular weight is 126 g/mol. The highest BCUT2D eigenvalue weighted by Gasteiger charge is 2.33. The maximum Gasteiger partial charge on any atom is 0.250 e. The van der Waals surface area contributed by atoms with E-state index in [1.54, 1.807) is 13.8 Å². The van der Waals surface area contributed by atoms with Crippen molar-refractivity contribution in [3.05, 3.63) is 12.4 Å². The maximum absolute atomic E-state index is 10.9. The lowest BCUT2D eigenvalue weighted by molar-refractivity contribution is -0.122. The zero-order chi connectivity index (χ0) is 7.07. The normalized spacial score (nSPS) is 23.3. The lowest BCUT2D eigenvalue weighted by Crippen LogP contribution is -2.39. The fourth-order valence-electron chi connectivity index (χ4n) is 0.759.